The third-order valence-electron chi connectivity index (χ3n) is 4.29. The van der Waals surface area contributed by atoms with E-state index in [2.05, 4.69) is 59.2 Å². The second-order valence-electron chi connectivity index (χ2n) is 6.71. The Hall–Kier alpha value is -2.02. The standard InChI is InChI=1S/C24H25FN2S3/c25-21-11-7-19(8-12-21)17-29-16-4-15-26-24(28)27-22-13-9-20(10-14-22)18-30-23-5-2-1-3-6-23/h1-3,5-14H,4,15-18H2,(H2,26,27,28). The second kappa shape index (κ2) is 12.6. The lowest BCUT2D eigenvalue weighted by molar-refractivity contribution is 0.627. The molecule has 0 unspecified atom stereocenters. The molecule has 2 nitrogen and oxygen atoms in total. The molecule has 3 aromatic carbocycles. The summed E-state index contributed by atoms with van der Waals surface area (Å²) in [5, 5.41) is 7.13. The number of hydrogen-bond donors (Lipinski definition) is 2. The highest BCUT2D eigenvalue weighted by atomic mass is 32.2. The first-order chi connectivity index (χ1) is 14.7. The molecule has 0 fully saturated rings. The van der Waals surface area contributed by atoms with Crippen LogP contribution in [0, 0.1) is 5.82 Å². The molecule has 0 bridgehead atoms. The van der Waals surface area contributed by atoms with Crippen molar-refractivity contribution in [1.82, 2.24) is 5.32 Å². The lowest BCUT2D eigenvalue weighted by Gasteiger charge is -2.11. The van der Waals surface area contributed by atoms with Crippen LogP contribution in [0.15, 0.2) is 83.8 Å². The lowest BCUT2D eigenvalue weighted by Crippen LogP contribution is -2.29. The number of rotatable bonds is 10. The van der Waals surface area contributed by atoms with Crippen molar-refractivity contribution in [2.24, 2.45) is 0 Å². The molecule has 0 spiro atoms. The van der Waals surface area contributed by atoms with E-state index in [4.69, 9.17) is 12.2 Å². The van der Waals surface area contributed by atoms with Crippen LogP contribution < -0.4 is 10.6 Å². The number of thioether (sulfide) groups is 2. The molecule has 0 atom stereocenters. The van der Waals surface area contributed by atoms with Crippen LogP contribution >= 0.6 is 35.7 Å². The van der Waals surface area contributed by atoms with Crippen molar-refractivity contribution in [3.05, 3.63) is 95.8 Å². The maximum atomic E-state index is 12.9. The molecular weight excluding hydrogens is 431 g/mol. The average molecular weight is 457 g/mol. The molecule has 0 aliphatic heterocycles. The maximum Gasteiger partial charge on any atom is 0.170 e. The normalized spacial score (nSPS) is 10.6. The maximum absolute atomic E-state index is 12.9. The van der Waals surface area contributed by atoms with E-state index in [0.717, 1.165) is 41.5 Å². The fourth-order valence-electron chi connectivity index (χ4n) is 2.69. The zero-order valence-electron chi connectivity index (χ0n) is 16.6. The van der Waals surface area contributed by atoms with E-state index in [-0.39, 0.29) is 5.82 Å². The minimum Gasteiger partial charge on any atom is -0.362 e. The van der Waals surface area contributed by atoms with Gasteiger partial charge in [-0.3, -0.25) is 0 Å². The average Bonchev–Trinajstić information content (AvgIpc) is 2.77. The van der Waals surface area contributed by atoms with Gasteiger partial charge in [-0.1, -0.05) is 42.5 Å². The Labute approximate surface area is 192 Å². The van der Waals surface area contributed by atoms with Gasteiger partial charge in [0.05, 0.1) is 0 Å². The van der Waals surface area contributed by atoms with Gasteiger partial charge in [0.15, 0.2) is 5.11 Å². The molecule has 0 aliphatic rings. The van der Waals surface area contributed by atoms with Crippen LogP contribution in [0.2, 0.25) is 0 Å². The zero-order valence-corrected chi connectivity index (χ0v) is 19.1. The summed E-state index contributed by atoms with van der Waals surface area (Å²) in [6, 6.07) is 25.5. The van der Waals surface area contributed by atoms with Gasteiger partial charge < -0.3 is 10.6 Å². The van der Waals surface area contributed by atoms with E-state index >= 15 is 0 Å². The topological polar surface area (TPSA) is 24.1 Å². The smallest absolute Gasteiger partial charge is 0.170 e. The number of anilines is 1. The quantitative estimate of drug-likeness (QED) is 0.200. The zero-order chi connectivity index (χ0) is 21.0. The fourth-order valence-corrected chi connectivity index (χ4v) is 4.71. The van der Waals surface area contributed by atoms with Gasteiger partial charge in [-0.25, -0.2) is 4.39 Å². The molecule has 2 N–H and O–H groups in total. The van der Waals surface area contributed by atoms with Gasteiger partial charge in [-0.15, -0.1) is 11.8 Å². The number of nitrogens with one attached hydrogen (secondary N) is 2. The Balaban J connectivity index is 1.28. The summed E-state index contributed by atoms with van der Waals surface area (Å²) in [6.07, 6.45) is 1.02. The molecule has 0 radical (unpaired) electrons. The number of thiocarbonyl (C=S) groups is 1. The summed E-state index contributed by atoms with van der Waals surface area (Å²) in [5.74, 6) is 2.69. The van der Waals surface area contributed by atoms with E-state index in [1.54, 1.807) is 0 Å². The number of halogens is 1. The van der Waals surface area contributed by atoms with Crippen molar-refractivity contribution in [3.63, 3.8) is 0 Å². The first-order valence-electron chi connectivity index (χ1n) is 9.83. The monoisotopic (exact) mass is 456 g/mol. The molecule has 0 aliphatic carbocycles. The van der Waals surface area contributed by atoms with E-state index < -0.39 is 0 Å². The second-order valence-corrected chi connectivity index (χ2v) is 9.27. The Kier molecular flexibility index (Phi) is 9.54. The van der Waals surface area contributed by atoms with Gasteiger partial charge in [0.2, 0.25) is 0 Å². The molecule has 0 saturated carbocycles. The van der Waals surface area contributed by atoms with Gasteiger partial charge in [-0.05, 0) is 71.9 Å². The summed E-state index contributed by atoms with van der Waals surface area (Å²) in [7, 11) is 0. The Morgan fingerprint density at radius 3 is 2.23 bits per heavy atom. The largest absolute Gasteiger partial charge is 0.362 e. The van der Waals surface area contributed by atoms with Crippen LogP contribution in [0.3, 0.4) is 0 Å². The summed E-state index contributed by atoms with van der Waals surface area (Å²) in [6.45, 7) is 0.827. The predicted molar refractivity (Wildman–Crippen MR) is 134 cm³/mol. The van der Waals surface area contributed by atoms with Crippen LogP contribution in [-0.2, 0) is 11.5 Å². The predicted octanol–water partition coefficient (Wildman–Crippen LogP) is 6.73. The van der Waals surface area contributed by atoms with Gasteiger partial charge in [0, 0.05) is 28.6 Å². The summed E-state index contributed by atoms with van der Waals surface area (Å²) in [5.41, 5.74) is 3.43. The highest BCUT2D eigenvalue weighted by Crippen LogP contribution is 2.23. The first kappa shape index (κ1) is 22.7. The van der Waals surface area contributed by atoms with Crippen LogP contribution in [0.5, 0.6) is 0 Å². The van der Waals surface area contributed by atoms with Crippen molar-refractivity contribution in [2.45, 2.75) is 22.8 Å². The van der Waals surface area contributed by atoms with E-state index in [1.807, 2.05) is 41.7 Å². The molecule has 0 heterocycles. The lowest BCUT2D eigenvalue weighted by atomic mass is 10.2. The Morgan fingerprint density at radius 1 is 0.833 bits per heavy atom. The molecule has 156 valence electrons. The highest BCUT2D eigenvalue weighted by Gasteiger charge is 2.00. The molecule has 0 amide bonds. The minimum atomic E-state index is -0.185. The molecule has 30 heavy (non-hydrogen) atoms. The van der Waals surface area contributed by atoms with Gasteiger partial charge >= 0.3 is 0 Å². The molecule has 0 aromatic heterocycles. The highest BCUT2D eigenvalue weighted by molar-refractivity contribution is 7.98. The van der Waals surface area contributed by atoms with Crippen LogP contribution in [0.25, 0.3) is 0 Å². The van der Waals surface area contributed by atoms with Gasteiger partial charge in [0.25, 0.3) is 0 Å². The third kappa shape index (κ3) is 8.38. The van der Waals surface area contributed by atoms with Crippen molar-refractivity contribution >= 4 is 46.5 Å². The van der Waals surface area contributed by atoms with Gasteiger partial charge in [-0.2, -0.15) is 11.8 Å². The van der Waals surface area contributed by atoms with Crippen LogP contribution in [0.1, 0.15) is 17.5 Å². The molecule has 3 rings (SSSR count). The summed E-state index contributed by atoms with van der Waals surface area (Å²) < 4.78 is 12.9. The molecule has 6 heteroatoms. The van der Waals surface area contributed by atoms with Gasteiger partial charge in [0.1, 0.15) is 5.82 Å². The summed E-state index contributed by atoms with van der Waals surface area (Å²) >= 11 is 9.06. The Bertz CT molecular complexity index is 900. The Morgan fingerprint density at radius 2 is 1.50 bits per heavy atom. The van der Waals surface area contributed by atoms with E-state index in [1.165, 1.54) is 22.6 Å². The van der Waals surface area contributed by atoms with Crippen molar-refractivity contribution < 1.29 is 4.39 Å². The van der Waals surface area contributed by atoms with Crippen molar-refractivity contribution in [2.75, 3.05) is 17.6 Å². The number of hydrogen-bond acceptors (Lipinski definition) is 3. The van der Waals surface area contributed by atoms with Crippen molar-refractivity contribution in [3.8, 4) is 0 Å². The molecule has 3 aromatic rings. The minimum absolute atomic E-state index is 0.185. The third-order valence-corrected chi connectivity index (χ3v) is 6.74. The van der Waals surface area contributed by atoms with Crippen molar-refractivity contribution in [1.29, 1.82) is 0 Å². The SMILES string of the molecule is Fc1ccc(CSCCCNC(=S)Nc2ccc(CSc3ccccc3)cc2)cc1. The van der Waals surface area contributed by atoms with E-state index in [0.29, 0.717) is 5.11 Å². The summed E-state index contributed by atoms with van der Waals surface area (Å²) in [4.78, 5) is 1.28. The van der Waals surface area contributed by atoms with Crippen LogP contribution in [-0.4, -0.2) is 17.4 Å². The fraction of sp³-hybridized carbons (Fsp3) is 0.208. The molecule has 0 saturated heterocycles. The van der Waals surface area contributed by atoms with E-state index in [9.17, 15) is 4.39 Å². The molecular formula is C24H25FN2S3. The first-order valence-corrected chi connectivity index (χ1v) is 12.4. The number of benzene rings is 3. The van der Waals surface area contributed by atoms with Crippen LogP contribution in [0.4, 0.5) is 10.1 Å².